The van der Waals surface area contributed by atoms with E-state index in [1.807, 2.05) is 6.92 Å². The molecule has 1 aromatic rings. The second-order valence-corrected chi connectivity index (χ2v) is 3.78. The molecule has 0 aliphatic rings. The standard InChI is InChI=1S/C11H16N2O5/c1-3-4-5-17-11(16)12-7(2)8-6-18-13-9(8)10(14)15/h6-7H,3-5H2,1-2H3,(H,12,16)(H,14,15). The van der Waals surface area contributed by atoms with Gasteiger partial charge in [-0.1, -0.05) is 18.5 Å². The van der Waals surface area contributed by atoms with E-state index in [0.717, 1.165) is 12.8 Å². The van der Waals surface area contributed by atoms with Gasteiger partial charge in [0.05, 0.1) is 12.6 Å². The number of ether oxygens (including phenoxy) is 1. The third-order valence-corrected chi connectivity index (χ3v) is 2.33. The van der Waals surface area contributed by atoms with Gasteiger partial charge in [0.15, 0.2) is 5.69 Å². The molecule has 0 aliphatic heterocycles. The highest BCUT2D eigenvalue weighted by molar-refractivity contribution is 5.87. The van der Waals surface area contributed by atoms with Crippen molar-refractivity contribution in [1.82, 2.24) is 10.5 Å². The minimum atomic E-state index is -1.20. The van der Waals surface area contributed by atoms with E-state index in [1.54, 1.807) is 6.92 Å². The number of carboxylic acid groups (broad SMARTS) is 1. The van der Waals surface area contributed by atoms with Crippen LogP contribution in [0.3, 0.4) is 0 Å². The van der Waals surface area contributed by atoms with E-state index in [4.69, 9.17) is 9.84 Å². The average molecular weight is 256 g/mol. The Morgan fingerprint density at radius 2 is 2.33 bits per heavy atom. The summed E-state index contributed by atoms with van der Waals surface area (Å²) in [6, 6.07) is -0.545. The number of carboxylic acids is 1. The Hall–Kier alpha value is -2.05. The minimum Gasteiger partial charge on any atom is -0.476 e. The lowest BCUT2D eigenvalue weighted by Crippen LogP contribution is -2.28. The second kappa shape index (κ2) is 6.63. The van der Waals surface area contributed by atoms with Crippen LogP contribution in [0.15, 0.2) is 10.8 Å². The molecule has 18 heavy (non-hydrogen) atoms. The number of unbranched alkanes of at least 4 members (excludes halogenated alkanes) is 1. The predicted molar refractivity (Wildman–Crippen MR) is 61.3 cm³/mol. The molecule has 0 saturated carbocycles. The third-order valence-electron chi connectivity index (χ3n) is 2.33. The molecule has 100 valence electrons. The number of alkyl carbamates (subject to hydrolysis) is 1. The lowest BCUT2D eigenvalue weighted by atomic mass is 10.1. The molecule has 0 fully saturated rings. The first kappa shape index (κ1) is 14.0. The van der Waals surface area contributed by atoms with Crippen LogP contribution < -0.4 is 5.32 Å². The van der Waals surface area contributed by atoms with E-state index >= 15 is 0 Å². The summed E-state index contributed by atoms with van der Waals surface area (Å²) in [4.78, 5) is 22.2. The molecule has 2 N–H and O–H groups in total. The van der Waals surface area contributed by atoms with Gasteiger partial charge in [0, 0.05) is 5.56 Å². The molecule has 0 aromatic carbocycles. The van der Waals surface area contributed by atoms with Crippen LogP contribution in [0.2, 0.25) is 0 Å². The van der Waals surface area contributed by atoms with Crippen LogP contribution in [-0.2, 0) is 4.74 Å². The maximum absolute atomic E-state index is 11.4. The Bertz CT molecular complexity index is 415. The van der Waals surface area contributed by atoms with Gasteiger partial charge in [-0.25, -0.2) is 9.59 Å². The number of nitrogens with one attached hydrogen (secondary N) is 1. The first-order chi connectivity index (χ1) is 8.56. The van der Waals surface area contributed by atoms with Crippen LogP contribution in [-0.4, -0.2) is 28.9 Å². The minimum absolute atomic E-state index is 0.212. The summed E-state index contributed by atoms with van der Waals surface area (Å²) in [6.07, 6.45) is 2.32. The van der Waals surface area contributed by atoms with Gasteiger partial charge in [-0.2, -0.15) is 0 Å². The number of carbonyl (C=O) groups is 2. The molecule has 1 unspecified atom stereocenters. The molecule has 1 rings (SSSR count). The van der Waals surface area contributed by atoms with Crippen molar-refractivity contribution in [3.63, 3.8) is 0 Å². The van der Waals surface area contributed by atoms with E-state index in [9.17, 15) is 9.59 Å². The maximum atomic E-state index is 11.4. The fraction of sp³-hybridized carbons (Fsp3) is 0.545. The van der Waals surface area contributed by atoms with Crippen molar-refractivity contribution in [2.45, 2.75) is 32.7 Å². The summed E-state index contributed by atoms with van der Waals surface area (Å²) in [7, 11) is 0. The number of carbonyl (C=O) groups excluding carboxylic acids is 1. The molecule has 1 heterocycles. The summed E-state index contributed by atoms with van der Waals surface area (Å²) < 4.78 is 9.49. The summed E-state index contributed by atoms with van der Waals surface area (Å²) >= 11 is 0. The van der Waals surface area contributed by atoms with Crippen LogP contribution >= 0.6 is 0 Å². The molecule has 1 atom stereocenters. The van der Waals surface area contributed by atoms with Gasteiger partial charge in [0.25, 0.3) is 0 Å². The largest absolute Gasteiger partial charge is 0.476 e. The Morgan fingerprint density at radius 3 is 2.94 bits per heavy atom. The van der Waals surface area contributed by atoms with E-state index in [0.29, 0.717) is 12.2 Å². The molecule has 1 aromatic heterocycles. The highest BCUT2D eigenvalue weighted by atomic mass is 16.5. The first-order valence-corrected chi connectivity index (χ1v) is 5.67. The van der Waals surface area contributed by atoms with Crippen LogP contribution in [0.5, 0.6) is 0 Å². The van der Waals surface area contributed by atoms with Crippen LogP contribution in [0, 0.1) is 0 Å². The van der Waals surface area contributed by atoms with Crippen molar-refractivity contribution in [3.8, 4) is 0 Å². The summed E-state index contributed by atoms with van der Waals surface area (Å²) in [5.74, 6) is -1.20. The highest BCUT2D eigenvalue weighted by Crippen LogP contribution is 2.16. The zero-order valence-electron chi connectivity index (χ0n) is 10.3. The van der Waals surface area contributed by atoms with Crippen molar-refractivity contribution in [1.29, 1.82) is 0 Å². The zero-order valence-corrected chi connectivity index (χ0v) is 10.3. The van der Waals surface area contributed by atoms with Crippen molar-refractivity contribution in [2.75, 3.05) is 6.61 Å². The highest BCUT2D eigenvalue weighted by Gasteiger charge is 2.21. The number of amides is 1. The van der Waals surface area contributed by atoms with Crippen molar-refractivity contribution >= 4 is 12.1 Å². The normalized spacial score (nSPS) is 11.9. The van der Waals surface area contributed by atoms with Crippen molar-refractivity contribution in [3.05, 3.63) is 17.5 Å². The molecule has 0 bridgehead atoms. The Balaban J connectivity index is 2.54. The smallest absolute Gasteiger partial charge is 0.407 e. The quantitative estimate of drug-likeness (QED) is 0.754. The van der Waals surface area contributed by atoms with Crippen LogP contribution in [0.1, 0.15) is 48.8 Å². The Kier molecular flexibility index (Phi) is 5.16. The van der Waals surface area contributed by atoms with E-state index in [1.165, 1.54) is 6.26 Å². The number of aromatic nitrogens is 1. The number of aromatic carboxylic acids is 1. The lowest BCUT2D eigenvalue weighted by Gasteiger charge is -2.12. The van der Waals surface area contributed by atoms with E-state index in [2.05, 4.69) is 15.0 Å². The molecular formula is C11H16N2O5. The summed E-state index contributed by atoms with van der Waals surface area (Å²) in [5, 5.41) is 14.7. The molecule has 0 spiro atoms. The molecule has 1 amide bonds. The van der Waals surface area contributed by atoms with Gasteiger partial charge < -0.3 is 19.7 Å². The zero-order chi connectivity index (χ0) is 13.5. The van der Waals surface area contributed by atoms with Crippen LogP contribution in [0.25, 0.3) is 0 Å². The topological polar surface area (TPSA) is 102 Å². The Morgan fingerprint density at radius 1 is 1.61 bits per heavy atom. The first-order valence-electron chi connectivity index (χ1n) is 5.67. The van der Waals surface area contributed by atoms with Gasteiger partial charge in [-0.05, 0) is 13.3 Å². The number of rotatable bonds is 6. The predicted octanol–water partition coefficient (Wildman–Crippen LogP) is 1.96. The van der Waals surface area contributed by atoms with Gasteiger partial charge in [-0.3, -0.25) is 0 Å². The number of nitrogens with zero attached hydrogens (tertiary/aromatic N) is 1. The molecular weight excluding hydrogens is 240 g/mol. The molecule has 7 nitrogen and oxygen atoms in total. The monoisotopic (exact) mass is 256 g/mol. The van der Waals surface area contributed by atoms with Crippen molar-refractivity contribution in [2.24, 2.45) is 0 Å². The fourth-order valence-electron chi connectivity index (χ4n) is 1.32. The van der Waals surface area contributed by atoms with Gasteiger partial charge in [-0.15, -0.1) is 0 Å². The summed E-state index contributed by atoms with van der Waals surface area (Å²) in [6.45, 7) is 3.95. The molecule has 7 heteroatoms. The average Bonchev–Trinajstić information content (AvgIpc) is 2.78. The fourth-order valence-corrected chi connectivity index (χ4v) is 1.32. The number of hydrogen-bond donors (Lipinski definition) is 2. The molecule has 0 radical (unpaired) electrons. The van der Waals surface area contributed by atoms with Gasteiger partial charge in [0.1, 0.15) is 6.26 Å². The molecule has 0 saturated heterocycles. The Labute approximate surface area is 104 Å². The summed E-state index contributed by atoms with van der Waals surface area (Å²) in [5.41, 5.74) is 0.0892. The van der Waals surface area contributed by atoms with Crippen LogP contribution in [0.4, 0.5) is 4.79 Å². The maximum Gasteiger partial charge on any atom is 0.407 e. The lowest BCUT2D eigenvalue weighted by molar-refractivity contribution is 0.0683. The second-order valence-electron chi connectivity index (χ2n) is 3.78. The third kappa shape index (κ3) is 3.76. The van der Waals surface area contributed by atoms with Gasteiger partial charge in [0.2, 0.25) is 0 Å². The van der Waals surface area contributed by atoms with Gasteiger partial charge >= 0.3 is 12.1 Å². The number of hydrogen-bond acceptors (Lipinski definition) is 5. The van der Waals surface area contributed by atoms with E-state index in [-0.39, 0.29) is 5.69 Å². The van der Waals surface area contributed by atoms with E-state index < -0.39 is 18.1 Å². The SMILES string of the molecule is CCCCOC(=O)NC(C)c1conc1C(=O)O. The molecule has 0 aliphatic carbocycles. The van der Waals surface area contributed by atoms with Crippen molar-refractivity contribution < 1.29 is 24.0 Å².